The fourth-order valence-electron chi connectivity index (χ4n) is 3.28. The van der Waals surface area contributed by atoms with Crippen LogP contribution in [0.4, 0.5) is 0 Å². The number of carbonyl (C=O) groups excluding carboxylic acids is 4. The number of aryl methyl sites for hydroxylation is 1. The van der Waals surface area contributed by atoms with E-state index >= 15 is 0 Å². The molecule has 0 N–H and O–H groups in total. The van der Waals surface area contributed by atoms with Crippen molar-refractivity contribution in [2.24, 2.45) is 0 Å². The molecule has 7 nitrogen and oxygen atoms in total. The molecule has 1 aliphatic rings. The van der Waals surface area contributed by atoms with Crippen molar-refractivity contribution in [3.05, 3.63) is 70.8 Å². The maximum Gasteiger partial charge on any atom is 0.306 e. The monoisotopic (exact) mass is 408 g/mol. The van der Waals surface area contributed by atoms with Gasteiger partial charge in [0.2, 0.25) is 0 Å². The molecule has 3 rings (SSSR count). The van der Waals surface area contributed by atoms with E-state index in [9.17, 15) is 19.2 Å². The minimum atomic E-state index is -0.538. The first-order valence-corrected chi connectivity index (χ1v) is 9.78. The Morgan fingerprint density at radius 2 is 1.57 bits per heavy atom. The zero-order valence-electron chi connectivity index (χ0n) is 17.1. The van der Waals surface area contributed by atoms with Gasteiger partial charge in [-0.15, -0.1) is 0 Å². The SMILES string of the molecule is Cc1ccccc1CN(C)C(=O)COC(=O)CCCN1C(=O)c2ccccc2C1=O. The van der Waals surface area contributed by atoms with Crippen LogP contribution in [-0.4, -0.2) is 53.7 Å². The summed E-state index contributed by atoms with van der Waals surface area (Å²) in [5.74, 6) is -1.54. The molecule has 2 aromatic rings. The van der Waals surface area contributed by atoms with Crippen molar-refractivity contribution in [1.82, 2.24) is 9.80 Å². The fraction of sp³-hybridized carbons (Fsp3) is 0.304. The van der Waals surface area contributed by atoms with E-state index in [1.807, 2.05) is 31.2 Å². The number of fused-ring (bicyclic) bond motifs is 1. The molecule has 0 spiro atoms. The lowest BCUT2D eigenvalue weighted by Crippen LogP contribution is -2.32. The summed E-state index contributed by atoms with van der Waals surface area (Å²) in [6.07, 6.45) is 0.291. The highest BCUT2D eigenvalue weighted by Crippen LogP contribution is 2.22. The molecule has 0 fully saturated rings. The lowest BCUT2D eigenvalue weighted by molar-refractivity contribution is -0.151. The summed E-state index contributed by atoms with van der Waals surface area (Å²) in [6, 6.07) is 14.4. The van der Waals surface area contributed by atoms with Crippen LogP contribution in [0.2, 0.25) is 0 Å². The fourth-order valence-corrected chi connectivity index (χ4v) is 3.28. The molecule has 0 saturated carbocycles. The van der Waals surface area contributed by atoms with Crippen LogP contribution in [0, 0.1) is 6.92 Å². The Labute approximate surface area is 175 Å². The third kappa shape index (κ3) is 4.74. The molecule has 30 heavy (non-hydrogen) atoms. The van der Waals surface area contributed by atoms with E-state index in [1.54, 1.807) is 31.3 Å². The van der Waals surface area contributed by atoms with Crippen LogP contribution in [0.3, 0.4) is 0 Å². The van der Waals surface area contributed by atoms with E-state index in [0.717, 1.165) is 16.0 Å². The highest BCUT2D eigenvalue weighted by molar-refractivity contribution is 6.21. The summed E-state index contributed by atoms with van der Waals surface area (Å²) in [4.78, 5) is 51.4. The Balaban J connectivity index is 1.40. The van der Waals surface area contributed by atoms with Crippen molar-refractivity contribution in [1.29, 1.82) is 0 Å². The van der Waals surface area contributed by atoms with E-state index in [-0.39, 0.29) is 43.7 Å². The number of rotatable bonds is 8. The Morgan fingerprint density at radius 1 is 0.967 bits per heavy atom. The van der Waals surface area contributed by atoms with Gasteiger partial charge in [0.25, 0.3) is 17.7 Å². The molecule has 156 valence electrons. The molecular formula is C23H24N2O5. The zero-order chi connectivity index (χ0) is 21.7. The van der Waals surface area contributed by atoms with Crippen molar-refractivity contribution in [3.63, 3.8) is 0 Å². The number of nitrogens with zero attached hydrogens (tertiary/aromatic N) is 2. The van der Waals surface area contributed by atoms with E-state index in [1.165, 1.54) is 4.90 Å². The minimum Gasteiger partial charge on any atom is -0.456 e. The maximum atomic E-state index is 12.3. The van der Waals surface area contributed by atoms with Gasteiger partial charge in [0, 0.05) is 26.6 Å². The Bertz CT molecular complexity index is 950. The smallest absolute Gasteiger partial charge is 0.306 e. The summed E-state index contributed by atoms with van der Waals surface area (Å²) in [5.41, 5.74) is 2.88. The van der Waals surface area contributed by atoms with Crippen molar-refractivity contribution in [3.8, 4) is 0 Å². The largest absolute Gasteiger partial charge is 0.456 e. The highest BCUT2D eigenvalue weighted by atomic mass is 16.5. The molecule has 0 aliphatic carbocycles. The van der Waals surface area contributed by atoms with E-state index in [0.29, 0.717) is 17.7 Å². The van der Waals surface area contributed by atoms with E-state index < -0.39 is 5.97 Å². The van der Waals surface area contributed by atoms with E-state index in [2.05, 4.69) is 0 Å². The zero-order valence-corrected chi connectivity index (χ0v) is 17.1. The molecule has 0 unspecified atom stereocenters. The molecule has 0 atom stereocenters. The number of esters is 1. The first-order chi connectivity index (χ1) is 14.4. The number of hydrogen-bond acceptors (Lipinski definition) is 5. The summed E-state index contributed by atoms with van der Waals surface area (Å²) in [6.45, 7) is 2.20. The lowest BCUT2D eigenvalue weighted by Gasteiger charge is -2.18. The molecule has 0 saturated heterocycles. The van der Waals surface area contributed by atoms with Crippen LogP contribution in [0.5, 0.6) is 0 Å². The molecule has 2 aromatic carbocycles. The van der Waals surface area contributed by atoms with Crippen LogP contribution >= 0.6 is 0 Å². The normalized spacial score (nSPS) is 12.7. The van der Waals surface area contributed by atoms with Crippen molar-refractivity contribution < 1.29 is 23.9 Å². The first kappa shape index (κ1) is 21.2. The van der Waals surface area contributed by atoms with Gasteiger partial charge in [-0.1, -0.05) is 36.4 Å². The van der Waals surface area contributed by atoms with Gasteiger partial charge in [0.1, 0.15) is 0 Å². The van der Waals surface area contributed by atoms with Gasteiger partial charge in [0.15, 0.2) is 6.61 Å². The van der Waals surface area contributed by atoms with Crippen molar-refractivity contribution >= 4 is 23.7 Å². The summed E-state index contributed by atoms with van der Waals surface area (Å²) in [5, 5.41) is 0. The standard InChI is InChI=1S/C23H24N2O5/c1-16-8-3-4-9-17(16)14-24(2)20(26)15-30-21(27)12-7-13-25-22(28)18-10-5-6-11-19(18)23(25)29/h3-6,8-11H,7,12-15H2,1-2H3. The molecule has 7 heteroatoms. The second kappa shape index (κ2) is 9.35. The van der Waals surface area contributed by atoms with Gasteiger partial charge in [-0.05, 0) is 36.6 Å². The number of amides is 3. The van der Waals surface area contributed by atoms with Gasteiger partial charge < -0.3 is 9.64 Å². The second-order valence-corrected chi connectivity index (χ2v) is 7.25. The summed E-state index contributed by atoms with van der Waals surface area (Å²) >= 11 is 0. The molecule has 0 bridgehead atoms. The second-order valence-electron chi connectivity index (χ2n) is 7.25. The van der Waals surface area contributed by atoms with Gasteiger partial charge in [-0.2, -0.15) is 0 Å². The van der Waals surface area contributed by atoms with Crippen LogP contribution in [-0.2, 0) is 20.9 Å². The predicted octanol–water partition coefficient (Wildman–Crippen LogP) is 2.57. The van der Waals surface area contributed by atoms with Crippen LogP contribution in [0.1, 0.15) is 44.7 Å². The molecular weight excluding hydrogens is 384 g/mol. The molecule has 1 heterocycles. The van der Waals surface area contributed by atoms with Crippen LogP contribution in [0.25, 0.3) is 0 Å². The average molecular weight is 408 g/mol. The molecule has 0 aromatic heterocycles. The quantitative estimate of drug-likeness (QED) is 0.495. The van der Waals surface area contributed by atoms with Crippen LogP contribution < -0.4 is 0 Å². The maximum absolute atomic E-state index is 12.3. The topological polar surface area (TPSA) is 84.0 Å². The van der Waals surface area contributed by atoms with Crippen molar-refractivity contribution in [2.75, 3.05) is 20.2 Å². The number of likely N-dealkylation sites (N-methyl/N-ethyl adjacent to an activating group) is 1. The first-order valence-electron chi connectivity index (χ1n) is 9.78. The minimum absolute atomic E-state index is 0.0161. The van der Waals surface area contributed by atoms with E-state index in [4.69, 9.17) is 4.74 Å². The van der Waals surface area contributed by atoms with Crippen molar-refractivity contribution in [2.45, 2.75) is 26.3 Å². The summed E-state index contributed by atoms with van der Waals surface area (Å²) < 4.78 is 5.05. The Morgan fingerprint density at radius 3 is 2.20 bits per heavy atom. The van der Waals surface area contributed by atoms with Crippen LogP contribution in [0.15, 0.2) is 48.5 Å². The van der Waals surface area contributed by atoms with Gasteiger partial charge in [0.05, 0.1) is 11.1 Å². The number of benzene rings is 2. The lowest BCUT2D eigenvalue weighted by atomic mass is 10.1. The average Bonchev–Trinajstić information content (AvgIpc) is 2.98. The predicted molar refractivity (Wildman–Crippen MR) is 110 cm³/mol. The third-order valence-corrected chi connectivity index (χ3v) is 5.09. The molecule has 1 aliphatic heterocycles. The Kier molecular flexibility index (Phi) is 6.61. The number of carbonyl (C=O) groups is 4. The number of imide groups is 1. The van der Waals surface area contributed by atoms with Gasteiger partial charge in [-0.3, -0.25) is 24.1 Å². The Hall–Kier alpha value is -3.48. The number of ether oxygens (including phenoxy) is 1. The van der Waals surface area contributed by atoms with Gasteiger partial charge >= 0.3 is 5.97 Å². The summed E-state index contributed by atoms with van der Waals surface area (Å²) in [7, 11) is 1.66. The molecule has 3 amide bonds. The van der Waals surface area contributed by atoms with Gasteiger partial charge in [-0.25, -0.2) is 0 Å². The number of hydrogen-bond donors (Lipinski definition) is 0. The third-order valence-electron chi connectivity index (χ3n) is 5.09. The highest BCUT2D eigenvalue weighted by Gasteiger charge is 2.34. The molecule has 0 radical (unpaired) electrons.